The van der Waals surface area contributed by atoms with Crippen molar-refractivity contribution in [2.75, 3.05) is 17.5 Å². The van der Waals surface area contributed by atoms with Gasteiger partial charge in [0.2, 0.25) is 0 Å². The van der Waals surface area contributed by atoms with Gasteiger partial charge in [0.05, 0.1) is 12.2 Å². The molecule has 1 aromatic heterocycles. The summed E-state index contributed by atoms with van der Waals surface area (Å²) in [7, 11) is -2.24. The van der Waals surface area contributed by atoms with E-state index in [9.17, 15) is 12.8 Å². The number of rotatable bonds is 2. The molecule has 21 heavy (non-hydrogen) atoms. The van der Waals surface area contributed by atoms with Crippen molar-refractivity contribution in [3.63, 3.8) is 0 Å². The fourth-order valence-corrected chi connectivity index (χ4v) is 4.06. The first-order chi connectivity index (χ1) is 9.91. The van der Waals surface area contributed by atoms with Crippen LogP contribution in [-0.2, 0) is 17.1 Å². The van der Waals surface area contributed by atoms with Crippen molar-refractivity contribution in [3.8, 4) is 5.75 Å². The zero-order valence-corrected chi connectivity index (χ0v) is 12.4. The molecule has 0 unspecified atom stereocenters. The van der Waals surface area contributed by atoms with Gasteiger partial charge in [-0.25, -0.2) is 12.8 Å². The number of ether oxygens (including phenoxy) is 1. The molecule has 0 saturated carbocycles. The van der Waals surface area contributed by atoms with E-state index in [1.54, 1.807) is 20.0 Å². The van der Waals surface area contributed by atoms with Gasteiger partial charge >= 0.3 is 0 Å². The highest BCUT2D eigenvalue weighted by Crippen LogP contribution is 2.37. The fourth-order valence-electron chi connectivity index (χ4n) is 2.39. The van der Waals surface area contributed by atoms with Gasteiger partial charge in [0.25, 0.3) is 10.0 Å². The first-order valence-corrected chi connectivity index (χ1v) is 7.79. The van der Waals surface area contributed by atoms with Crippen LogP contribution in [-0.4, -0.2) is 31.3 Å². The van der Waals surface area contributed by atoms with E-state index in [-0.39, 0.29) is 29.5 Å². The van der Waals surface area contributed by atoms with Crippen LogP contribution in [0.1, 0.15) is 5.69 Å². The quantitative estimate of drug-likeness (QED) is 0.842. The van der Waals surface area contributed by atoms with Crippen molar-refractivity contribution in [3.05, 3.63) is 35.9 Å². The predicted molar refractivity (Wildman–Crippen MR) is 74.4 cm³/mol. The Hall–Kier alpha value is -2.09. The molecule has 3 rings (SSSR count). The maximum Gasteiger partial charge on any atom is 0.268 e. The van der Waals surface area contributed by atoms with Gasteiger partial charge in [0, 0.05) is 13.2 Å². The summed E-state index contributed by atoms with van der Waals surface area (Å²) in [5, 5.41) is 4.04. The van der Waals surface area contributed by atoms with Crippen LogP contribution in [0.5, 0.6) is 5.75 Å². The van der Waals surface area contributed by atoms with Crippen LogP contribution in [0.3, 0.4) is 0 Å². The first-order valence-electron chi connectivity index (χ1n) is 6.35. The smallest absolute Gasteiger partial charge is 0.268 e. The highest BCUT2D eigenvalue weighted by atomic mass is 32.2. The molecule has 0 aliphatic carbocycles. The minimum Gasteiger partial charge on any atom is -0.489 e. The Morgan fingerprint density at radius 1 is 1.38 bits per heavy atom. The zero-order valence-electron chi connectivity index (χ0n) is 11.6. The molecule has 0 saturated heterocycles. The second-order valence-electron chi connectivity index (χ2n) is 4.76. The fraction of sp³-hybridized carbons (Fsp3) is 0.308. The van der Waals surface area contributed by atoms with Gasteiger partial charge in [0.1, 0.15) is 22.9 Å². The number of fused-ring (bicyclic) bond motifs is 1. The molecule has 0 amide bonds. The topological polar surface area (TPSA) is 64.4 Å². The van der Waals surface area contributed by atoms with Crippen molar-refractivity contribution >= 4 is 15.7 Å². The van der Waals surface area contributed by atoms with E-state index in [1.807, 2.05) is 0 Å². The minimum atomic E-state index is -3.88. The molecule has 1 aliphatic heterocycles. The third-order valence-electron chi connectivity index (χ3n) is 3.29. The summed E-state index contributed by atoms with van der Waals surface area (Å²) in [6, 6.07) is 4.25. The second-order valence-corrected chi connectivity index (χ2v) is 6.60. The largest absolute Gasteiger partial charge is 0.489 e. The Balaban J connectivity index is 2.16. The predicted octanol–water partition coefficient (Wildman–Crippen LogP) is 1.46. The molecule has 6 nitrogen and oxygen atoms in total. The zero-order chi connectivity index (χ0) is 15.2. The lowest BCUT2D eigenvalue weighted by Gasteiger charge is -2.30. The van der Waals surface area contributed by atoms with E-state index in [0.29, 0.717) is 5.69 Å². The van der Waals surface area contributed by atoms with Crippen molar-refractivity contribution in [1.29, 1.82) is 0 Å². The summed E-state index contributed by atoms with van der Waals surface area (Å²) in [6.07, 6.45) is 1.42. The Morgan fingerprint density at radius 3 is 2.81 bits per heavy atom. The van der Waals surface area contributed by atoms with Crippen molar-refractivity contribution in [2.24, 2.45) is 7.05 Å². The van der Waals surface area contributed by atoms with Gasteiger partial charge in [-0.1, -0.05) is 6.07 Å². The molecule has 0 fully saturated rings. The lowest BCUT2D eigenvalue weighted by molar-refractivity contribution is 0.313. The number of para-hydroxylation sites is 1. The summed E-state index contributed by atoms with van der Waals surface area (Å²) in [5.74, 6) is -0.399. The van der Waals surface area contributed by atoms with Crippen molar-refractivity contribution in [1.82, 2.24) is 9.78 Å². The summed E-state index contributed by atoms with van der Waals surface area (Å²) in [4.78, 5) is 0.0705. The minimum absolute atomic E-state index is 0.0491. The van der Waals surface area contributed by atoms with E-state index in [4.69, 9.17) is 4.74 Å². The monoisotopic (exact) mass is 311 g/mol. The number of aromatic nitrogens is 2. The number of hydrogen-bond acceptors (Lipinski definition) is 4. The normalized spacial score (nSPS) is 14.7. The average molecular weight is 311 g/mol. The van der Waals surface area contributed by atoms with E-state index >= 15 is 0 Å². The van der Waals surface area contributed by atoms with Crippen LogP contribution in [0.4, 0.5) is 10.1 Å². The van der Waals surface area contributed by atoms with E-state index in [1.165, 1.54) is 23.0 Å². The number of anilines is 1. The number of nitrogens with zero attached hydrogens (tertiary/aromatic N) is 3. The van der Waals surface area contributed by atoms with E-state index < -0.39 is 15.8 Å². The number of halogens is 1. The summed E-state index contributed by atoms with van der Waals surface area (Å²) in [6.45, 7) is 1.84. The third-order valence-corrected chi connectivity index (χ3v) is 5.19. The van der Waals surface area contributed by atoms with Crippen LogP contribution >= 0.6 is 0 Å². The van der Waals surface area contributed by atoms with Crippen LogP contribution in [0.15, 0.2) is 29.3 Å². The Kier molecular flexibility index (Phi) is 3.12. The lowest BCUT2D eigenvalue weighted by atomic mass is 10.2. The Labute approximate surface area is 121 Å². The van der Waals surface area contributed by atoms with Gasteiger partial charge in [-0.3, -0.25) is 8.99 Å². The maximum absolute atomic E-state index is 14.1. The highest BCUT2D eigenvalue weighted by Gasteiger charge is 2.34. The van der Waals surface area contributed by atoms with Crippen LogP contribution in [0.2, 0.25) is 0 Å². The first kappa shape index (κ1) is 13.9. The van der Waals surface area contributed by atoms with Crippen LogP contribution < -0.4 is 9.04 Å². The number of benzene rings is 1. The molecule has 0 N–H and O–H groups in total. The van der Waals surface area contributed by atoms with Gasteiger partial charge in [0.15, 0.2) is 5.82 Å². The third kappa shape index (κ3) is 2.15. The molecule has 112 valence electrons. The molecule has 0 atom stereocenters. The number of hydrogen-bond donors (Lipinski definition) is 0. The number of aryl methyl sites for hydroxylation is 2. The average Bonchev–Trinajstić information content (AvgIpc) is 2.78. The standard InChI is InChI=1S/C13H14FN3O3S/c1-9-12(8-16(2)15-9)21(18,19)17-6-7-20-11-5-3-4-10(14)13(11)17/h3-5,8H,6-7H2,1-2H3. The number of sulfonamides is 1. The molecule has 0 bridgehead atoms. The molecular formula is C13H14FN3O3S. The van der Waals surface area contributed by atoms with Crippen LogP contribution in [0.25, 0.3) is 0 Å². The van der Waals surface area contributed by atoms with Crippen LogP contribution in [0, 0.1) is 12.7 Å². The van der Waals surface area contributed by atoms with Gasteiger partial charge in [-0.15, -0.1) is 0 Å². The molecule has 2 heterocycles. The molecule has 1 aromatic carbocycles. The molecule has 0 spiro atoms. The van der Waals surface area contributed by atoms with E-state index in [2.05, 4.69) is 5.10 Å². The molecule has 0 radical (unpaired) electrons. The van der Waals surface area contributed by atoms with Gasteiger partial charge in [-0.2, -0.15) is 5.10 Å². The van der Waals surface area contributed by atoms with Gasteiger partial charge < -0.3 is 4.74 Å². The summed E-state index contributed by atoms with van der Waals surface area (Å²) < 4.78 is 47.4. The maximum atomic E-state index is 14.1. The molecule has 2 aromatic rings. The molecule has 1 aliphatic rings. The van der Waals surface area contributed by atoms with Crippen molar-refractivity contribution < 1.29 is 17.5 Å². The van der Waals surface area contributed by atoms with E-state index in [0.717, 1.165) is 4.31 Å². The lowest BCUT2D eigenvalue weighted by Crippen LogP contribution is -2.38. The highest BCUT2D eigenvalue weighted by molar-refractivity contribution is 7.92. The Bertz CT molecular complexity index is 801. The molecule has 8 heteroatoms. The van der Waals surface area contributed by atoms with Gasteiger partial charge in [-0.05, 0) is 19.1 Å². The Morgan fingerprint density at radius 2 is 2.14 bits per heavy atom. The summed E-state index contributed by atoms with van der Waals surface area (Å²) in [5.41, 5.74) is 0.328. The SMILES string of the molecule is Cc1nn(C)cc1S(=O)(=O)N1CCOc2cccc(F)c21. The van der Waals surface area contributed by atoms with Crippen molar-refractivity contribution in [2.45, 2.75) is 11.8 Å². The second kappa shape index (κ2) is 4.73. The molecular weight excluding hydrogens is 297 g/mol. The summed E-state index contributed by atoms with van der Waals surface area (Å²) >= 11 is 0.